The molecule has 0 spiro atoms. The first-order valence-electron chi connectivity index (χ1n) is 7.32. The van der Waals surface area contributed by atoms with E-state index in [4.69, 9.17) is 4.74 Å². The van der Waals surface area contributed by atoms with E-state index in [0.29, 0.717) is 0 Å². The van der Waals surface area contributed by atoms with Gasteiger partial charge in [-0.2, -0.15) is 0 Å². The lowest BCUT2D eigenvalue weighted by Crippen LogP contribution is -1.91. The van der Waals surface area contributed by atoms with Gasteiger partial charge in [0.05, 0.1) is 0 Å². The highest BCUT2D eigenvalue weighted by Crippen LogP contribution is 2.26. The Balaban J connectivity index is 0.000000774. The minimum atomic E-state index is 0.810. The van der Waals surface area contributed by atoms with Crippen molar-refractivity contribution in [2.75, 3.05) is 0 Å². The van der Waals surface area contributed by atoms with E-state index in [0.717, 1.165) is 28.4 Å². The summed E-state index contributed by atoms with van der Waals surface area (Å²) in [6.45, 7) is 10.2. The number of ether oxygens (including phenoxy) is 1. The Morgan fingerprint density at radius 2 is 1.76 bits per heavy atom. The first kappa shape index (κ1) is 15.1. The van der Waals surface area contributed by atoms with Crippen molar-refractivity contribution in [3.05, 3.63) is 59.5 Å². The number of benzene rings is 1. The fourth-order valence-electron chi connectivity index (χ4n) is 2.19. The summed E-state index contributed by atoms with van der Waals surface area (Å²) in [7, 11) is 0. The third kappa shape index (κ3) is 3.24. The van der Waals surface area contributed by atoms with E-state index in [1.54, 1.807) is 0 Å². The highest BCUT2D eigenvalue weighted by atomic mass is 16.5. The van der Waals surface area contributed by atoms with Crippen molar-refractivity contribution in [3.63, 3.8) is 0 Å². The number of fused-ring (bicyclic) bond motifs is 1. The van der Waals surface area contributed by atoms with Crippen LogP contribution < -0.4 is 4.74 Å². The second kappa shape index (κ2) is 6.44. The summed E-state index contributed by atoms with van der Waals surface area (Å²) >= 11 is 0. The standard InChI is InChI=1S/C16H16N2O.C2H6/c1-11-4-5-15(12(2)8-11)19-14-6-7-18-13(3)10-17-16(18)9-14;1-2/h4-10H,1-3H3;1-2H3. The average molecular weight is 282 g/mol. The third-order valence-electron chi connectivity index (χ3n) is 3.23. The van der Waals surface area contributed by atoms with Gasteiger partial charge in [-0.15, -0.1) is 0 Å². The summed E-state index contributed by atoms with van der Waals surface area (Å²) in [4.78, 5) is 4.34. The molecule has 0 fully saturated rings. The van der Waals surface area contributed by atoms with Crippen molar-refractivity contribution in [2.45, 2.75) is 34.6 Å². The minimum Gasteiger partial charge on any atom is -0.457 e. The highest BCUT2D eigenvalue weighted by molar-refractivity contribution is 5.48. The van der Waals surface area contributed by atoms with Gasteiger partial charge in [-0.1, -0.05) is 31.5 Å². The van der Waals surface area contributed by atoms with Gasteiger partial charge in [-0.25, -0.2) is 4.98 Å². The molecule has 0 aliphatic carbocycles. The Hall–Kier alpha value is -2.29. The van der Waals surface area contributed by atoms with Gasteiger partial charge in [0.1, 0.15) is 17.1 Å². The van der Waals surface area contributed by atoms with Crippen LogP contribution in [0.15, 0.2) is 42.7 Å². The molecule has 0 unspecified atom stereocenters. The summed E-state index contributed by atoms with van der Waals surface area (Å²) in [6, 6.07) is 10.1. The van der Waals surface area contributed by atoms with Crippen LogP contribution in [0.4, 0.5) is 0 Å². The molecular weight excluding hydrogens is 260 g/mol. The lowest BCUT2D eigenvalue weighted by atomic mass is 10.1. The maximum absolute atomic E-state index is 5.93. The Labute approximate surface area is 126 Å². The number of hydrogen-bond donors (Lipinski definition) is 0. The number of aryl methyl sites for hydroxylation is 3. The van der Waals surface area contributed by atoms with Gasteiger partial charge in [0.15, 0.2) is 0 Å². The molecule has 3 nitrogen and oxygen atoms in total. The Morgan fingerprint density at radius 1 is 1.00 bits per heavy atom. The number of hydrogen-bond acceptors (Lipinski definition) is 2. The molecule has 0 amide bonds. The molecule has 0 N–H and O–H groups in total. The molecule has 3 rings (SSSR count). The maximum Gasteiger partial charge on any atom is 0.140 e. The lowest BCUT2D eigenvalue weighted by Gasteiger charge is -2.09. The Bertz CT molecular complexity index is 744. The number of nitrogens with zero attached hydrogens (tertiary/aromatic N) is 2. The quantitative estimate of drug-likeness (QED) is 0.655. The molecule has 0 radical (unpaired) electrons. The molecule has 3 aromatic rings. The first-order chi connectivity index (χ1) is 10.1. The van der Waals surface area contributed by atoms with E-state index in [-0.39, 0.29) is 0 Å². The van der Waals surface area contributed by atoms with E-state index in [2.05, 4.69) is 31.0 Å². The largest absolute Gasteiger partial charge is 0.457 e. The Kier molecular flexibility index (Phi) is 4.63. The normalized spacial score (nSPS) is 10.1. The molecule has 0 saturated heterocycles. The second-order valence-corrected chi connectivity index (χ2v) is 4.86. The molecular formula is C18H22N2O. The number of aromatic nitrogens is 2. The molecule has 1 aromatic carbocycles. The molecule has 0 atom stereocenters. The summed E-state index contributed by atoms with van der Waals surface area (Å²) in [5, 5.41) is 0. The summed E-state index contributed by atoms with van der Waals surface area (Å²) in [5.41, 5.74) is 4.40. The fourth-order valence-corrected chi connectivity index (χ4v) is 2.19. The van der Waals surface area contributed by atoms with Gasteiger partial charge in [0.2, 0.25) is 0 Å². The van der Waals surface area contributed by atoms with Crippen molar-refractivity contribution >= 4 is 5.65 Å². The molecule has 3 heteroatoms. The van der Waals surface area contributed by atoms with Crippen LogP contribution in [-0.4, -0.2) is 9.38 Å². The predicted octanol–water partition coefficient (Wildman–Crippen LogP) is 5.08. The van der Waals surface area contributed by atoms with Crippen LogP contribution >= 0.6 is 0 Å². The van der Waals surface area contributed by atoms with E-state index < -0.39 is 0 Å². The Morgan fingerprint density at radius 3 is 2.48 bits per heavy atom. The smallest absolute Gasteiger partial charge is 0.140 e. The maximum atomic E-state index is 5.93. The number of imidazole rings is 1. The molecule has 0 saturated carbocycles. The van der Waals surface area contributed by atoms with Crippen LogP contribution in [-0.2, 0) is 0 Å². The van der Waals surface area contributed by atoms with E-state index >= 15 is 0 Å². The van der Waals surface area contributed by atoms with Crippen LogP contribution in [0, 0.1) is 20.8 Å². The average Bonchev–Trinajstić information content (AvgIpc) is 2.85. The minimum absolute atomic E-state index is 0.810. The van der Waals surface area contributed by atoms with Gasteiger partial charge in [-0.05, 0) is 38.5 Å². The molecule has 0 aliphatic rings. The van der Waals surface area contributed by atoms with Crippen molar-refractivity contribution in [1.29, 1.82) is 0 Å². The van der Waals surface area contributed by atoms with Gasteiger partial charge < -0.3 is 9.14 Å². The third-order valence-corrected chi connectivity index (χ3v) is 3.23. The van der Waals surface area contributed by atoms with Crippen molar-refractivity contribution < 1.29 is 4.74 Å². The number of rotatable bonds is 2. The summed E-state index contributed by atoms with van der Waals surface area (Å²) in [5.74, 6) is 1.70. The van der Waals surface area contributed by atoms with Crippen LogP contribution in [0.3, 0.4) is 0 Å². The molecule has 21 heavy (non-hydrogen) atoms. The van der Waals surface area contributed by atoms with Gasteiger partial charge in [-0.3, -0.25) is 0 Å². The van der Waals surface area contributed by atoms with E-state index in [9.17, 15) is 0 Å². The molecule has 2 heterocycles. The van der Waals surface area contributed by atoms with Crippen molar-refractivity contribution in [1.82, 2.24) is 9.38 Å². The zero-order chi connectivity index (χ0) is 15.4. The highest BCUT2D eigenvalue weighted by Gasteiger charge is 2.04. The summed E-state index contributed by atoms with van der Waals surface area (Å²) < 4.78 is 7.96. The number of pyridine rings is 1. The van der Waals surface area contributed by atoms with E-state index in [1.807, 2.05) is 55.8 Å². The van der Waals surface area contributed by atoms with Gasteiger partial charge >= 0.3 is 0 Å². The van der Waals surface area contributed by atoms with Crippen LogP contribution in [0.2, 0.25) is 0 Å². The fraction of sp³-hybridized carbons (Fsp3) is 0.278. The lowest BCUT2D eigenvalue weighted by molar-refractivity contribution is 0.478. The zero-order valence-corrected chi connectivity index (χ0v) is 13.3. The summed E-state index contributed by atoms with van der Waals surface area (Å²) in [6.07, 6.45) is 3.84. The molecule has 110 valence electrons. The monoisotopic (exact) mass is 282 g/mol. The van der Waals surface area contributed by atoms with Crippen molar-refractivity contribution in [3.8, 4) is 11.5 Å². The van der Waals surface area contributed by atoms with Crippen molar-refractivity contribution in [2.24, 2.45) is 0 Å². The van der Waals surface area contributed by atoms with Gasteiger partial charge in [0.25, 0.3) is 0 Å². The molecule has 2 aromatic heterocycles. The molecule has 0 aliphatic heterocycles. The molecule has 0 bridgehead atoms. The van der Waals surface area contributed by atoms with Crippen LogP contribution in [0.1, 0.15) is 30.7 Å². The van der Waals surface area contributed by atoms with Crippen LogP contribution in [0.25, 0.3) is 5.65 Å². The van der Waals surface area contributed by atoms with Gasteiger partial charge in [0, 0.05) is 24.2 Å². The predicted molar refractivity (Wildman–Crippen MR) is 87.3 cm³/mol. The topological polar surface area (TPSA) is 26.5 Å². The second-order valence-electron chi connectivity index (χ2n) is 4.86. The van der Waals surface area contributed by atoms with Crippen LogP contribution in [0.5, 0.6) is 11.5 Å². The zero-order valence-electron chi connectivity index (χ0n) is 13.3. The SMILES string of the molecule is CC.Cc1ccc(Oc2ccn3c(C)cnc3c2)c(C)c1. The first-order valence-corrected chi connectivity index (χ1v) is 7.32. The van der Waals surface area contributed by atoms with E-state index in [1.165, 1.54) is 5.56 Å².